The van der Waals surface area contributed by atoms with Crippen LogP contribution in [0, 0.1) is 5.92 Å². The summed E-state index contributed by atoms with van der Waals surface area (Å²) in [5.41, 5.74) is 5.86. The van der Waals surface area contributed by atoms with Crippen molar-refractivity contribution in [3.63, 3.8) is 0 Å². The highest BCUT2D eigenvalue weighted by atomic mass is 16.5. The number of pyridine rings is 1. The number of rotatable bonds is 3. The molecular weight excluding hydrogens is 270 g/mol. The molecule has 2 atom stereocenters. The van der Waals surface area contributed by atoms with Crippen molar-refractivity contribution in [1.82, 2.24) is 15.8 Å². The summed E-state index contributed by atoms with van der Waals surface area (Å²) in [5.74, 6) is -1.06. The van der Waals surface area contributed by atoms with Crippen molar-refractivity contribution in [3.05, 3.63) is 42.2 Å². The van der Waals surface area contributed by atoms with Crippen LogP contribution in [0.15, 0.2) is 36.5 Å². The topological polar surface area (TPSA) is 80.3 Å². The Balaban J connectivity index is 1.92. The molecule has 112 valence electrons. The minimum atomic E-state index is -0.451. The first-order chi connectivity index (χ1) is 10.1. The fourth-order valence-electron chi connectivity index (χ4n) is 2.31. The van der Waals surface area contributed by atoms with Crippen LogP contribution >= 0.6 is 0 Å². The average molecular weight is 289 g/mol. The predicted octanol–water partition coefficient (Wildman–Crippen LogP) is 1.21. The largest absolute Gasteiger partial charge is 0.373 e. The molecule has 1 fully saturated rings. The number of carbonyl (C=O) groups is 2. The third-order valence-electron chi connectivity index (χ3n) is 3.34. The van der Waals surface area contributed by atoms with Gasteiger partial charge in [-0.05, 0) is 31.9 Å². The van der Waals surface area contributed by atoms with Crippen molar-refractivity contribution in [1.29, 1.82) is 0 Å². The van der Waals surface area contributed by atoms with Gasteiger partial charge in [-0.25, -0.2) is 0 Å². The number of hydrogen-bond donors (Lipinski definition) is 2. The second kappa shape index (κ2) is 6.99. The molecule has 1 saturated heterocycles. The SMILES string of the molecule is C=C(C)[C@@H]1OCCC[C@H]1C(=O)NNC(=O)c1ccccn1. The van der Waals surface area contributed by atoms with Gasteiger partial charge in [0.1, 0.15) is 5.69 Å². The molecule has 6 nitrogen and oxygen atoms in total. The number of aromatic nitrogens is 1. The predicted molar refractivity (Wildman–Crippen MR) is 77.1 cm³/mol. The first-order valence-electron chi connectivity index (χ1n) is 6.88. The van der Waals surface area contributed by atoms with Crippen LogP contribution in [0.3, 0.4) is 0 Å². The van der Waals surface area contributed by atoms with E-state index in [0.717, 1.165) is 12.0 Å². The van der Waals surface area contributed by atoms with Gasteiger partial charge in [0.05, 0.1) is 12.0 Å². The summed E-state index contributed by atoms with van der Waals surface area (Å²) < 4.78 is 5.58. The lowest BCUT2D eigenvalue weighted by Gasteiger charge is -2.31. The second-order valence-electron chi connectivity index (χ2n) is 5.04. The third-order valence-corrected chi connectivity index (χ3v) is 3.34. The van der Waals surface area contributed by atoms with Gasteiger partial charge < -0.3 is 4.74 Å². The number of hydrogen-bond acceptors (Lipinski definition) is 4. The van der Waals surface area contributed by atoms with E-state index >= 15 is 0 Å². The zero-order chi connectivity index (χ0) is 15.2. The maximum absolute atomic E-state index is 12.2. The Morgan fingerprint density at radius 2 is 2.19 bits per heavy atom. The fourth-order valence-corrected chi connectivity index (χ4v) is 2.31. The molecule has 0 saturated carbocycles. The second-order valence-corrected chi connectivity index (χ2v) is 5.04. The van der Waals surface area contributed by atoms with Gasteiger partial charge in [-0.2, -0.15) is 0 Å². The lowest BCUT2D eigenvalue weighted by molar-refractivity contribution is -0.133. The summed E-state index contributed by atoms with van der Waals surface area (Å²) in [6, 6.07) is 4.99. The van der Waals surface area contributed by atoms with E-state index in [1.54, 1.807) is 18.2 Å². The molecule has 0 aliphatic carbocycles. The highest BCUT2D eigenvalue weighted by molar-refractivity contribution is 5.93. The summed E-state index contributed by atoms with van der Waals surface area (Å²) >= 11 is 0. The molecular formula is C15H19N3O3. The van der Waals surface area contributed by atoms with Crippen molar-refractivity contribution >= 4 is 11.8 Å². The fraction of sp³-hybridized carbons (Fsp3) is 0.400. The van der Waals surface area contributed by atoms with Crippen molar-refractivity contribution in [3.8, 4) is 0 Å². The van der Waals surface area contributed by atoms with Crippen LogP contribution in [0.1, 0.15) is 30.3 Å². The summed E-state index contributed by atoms with van der Waals surface area (Å²) in [5, 5.41) is 0. The molecule has 0 spiro atoms. The molecule has 1 aliphatic heterocycles. The van der Waals surface area contributed by atoms with E-state index in [0.29, 0.717) is 13.0 Å². The van der Waals surface area contributed by atoms with Crippen LogP contribution in [0.25, 0.3) is 0 Å². The van der Waals surface area contributed by atoms with Crippen molar-refractivity contribution in [2.45, 2.75) is 25.9 Å². The summed E-state index contributed by atoms with van der Waals surface area (Å²) in [6.07, 6.45) is 2.74. The van der Waals surface area contributed by atoms with Crippen LogP contribution in [0.5, 0.6) is 0 Å². The van der Waals surface area contributed by atoms with E-state index in [9.17, 15) is 9.59 Å². The summed E-state index contributed by atoms with van der Waals surface area (Å²) in [6.45, 7) is 6.31. The maximum atomic E-state index is 12.2. The van der Waals surface area contributed by atoms with E-state index in [-0.39, 0.29) is 23.6 Å². The number of nitrogens with one attached hydrogen (secondary N) is 2. The van der Waals surface area contributed by atoms with Gasteiger partial charge in [-0.1, -0.05) is 18.2 Å². The Morgan fingerprint density at radius 1 is 1.38 bits per heavy atom. The molecule has 2 heterocycles. The number of ether oxygens (including phenoxy) is 1. The zero-order valence-corrected chi connectivity index (χ0v) is 12.0. The van der Waals surface area contributed by atoms with Gasteiger partial charge in [0.25, 0.3) is 5.91 Å². The lowest BCUT2D eigenvalue weighted by Crippen LogP contribution is -2.49. The molecule has 0 radical (unpaired) electrons. The number of amides is 2. The monoisotopic (exact) mass is 289 g/mol. The highest BCUT2D eigenvalue weighted by Gasteiger charge is 2.32. The number of carbonyl (C=O) groups excluding carboxylic acids is 2. The molecule has 0 aromatic carbocycles. The summed E-state index contributed by atoms with van der Waals surface area (Å²) in [7, 11) is 0. The minimum Gasteiger partial charge on any atom is -0.373 e. The standard InChI is InChI=1S/C15H19N3O3/c1-10(2)13-11(6-5-9-21-13)14(19)17-18-15(20)12-7-3-4-8-16-12/h3-4,7-8,11,13H,1,5-6,9H2,2H3,(H,17,19)(H,18,20)/t11-,13+/m1/s1. The van der Waals surface area contributed by atoms with Crippen molar-refractivity contribution in [2.24, 2.45) is 5.92 Å². The van der Waals surface area contributed by atoms with Crippen LogP contribution in [-0.2, 0) is 9.53 Å². The van der Waals surface area contributed by atoms with E-state index in [1.807, 2.05) is 6.92 Å². The Kier molecular flexibility index (Phi) is 5.05. The summed E-state index contributed by atoms with van der Waals surface area (Å²) in [4.78, 5) is 27.9. The Morgan fingerprint density at radius 3 is 2.86 bits per heavy atom. The van der Waals surface area contributed by atoms with Gasteiger partial charge in [0, 0.05) is 12.8 Å². The number of nitrogens with zero attached hydrogens (tertiary/aromatic N) is 1. The third kappa shape index (κ3) is 3.88. The van der Waals surface area contributed by atoms with Crippen LogP contribution in [0.4, 0.5) is 0 Å². The average Bonchev–Trinajstić information content (AvgIpc) is 2.53. The first kappa shape index (κ1) is 15.2. The van der Waals surface area contributed by atoms with Gasteiger partial charge in [-0.3, -0.25) is 25.4 Å². The molecule has 1 aliphatic rings. The molecule has 2 rings (SSSR count). The van der Waals surface area contributed by atoms with Crippen LogP contribution < -0.4 is 10.9 Å². The van der Waals surface area contributed by atoms with E-state index in [4.69, 9.17) is 4.74 Å². The van der Waals surface area contributed by atoms with E-state index < -0.39 is 5.91 Å². The molecule has 2 N–H and O–H groups in total. The highest BCUT2D eigenvalue weighted by Crippen LogP contribution is 2.25. The smallest absolute Gasteiger partial charge is 0.288 e. The van der Waals surface area contributed by atoms with Gasteiger partial charge in [-0.15, -0.1) is 0 Å². The van der Waals surface area contributed by atoms with Gasteiger partial charge in [0.2, 0.25) is 5.91 Å². The minimum absolute atomic E-state index is 0.245. The van der Waals surface area contributed by atoms with E-state index in [1.165, 1.54) is 6.20 Å². The molecule has 2 amide bonds. The van der Waals surface area contributed by atoms with Crippen molar-refractivity contribution in [2.75, 3.05) is 6.61 Å². The Bertz CT molecular complexity index is 530. The molecule has 0 bridgehead atoms. The molecule has 1 aromatic rings. The van der Waals surface area contributed by atoms with Gasteiger partial charge >= 0.3 is 0 Å². The Labute approximate surface area is 123 Å². The molecule has 1 aromatic heterocycles. The van der Waals surface area contributed by atoms with E-state index in [2.05, 4.69) is 22.4 Å². The quantitative estimate of drug-likeness (QED) is 0.647. The first-order valence-corrected chi connectivity index (χ1v) is 6.88. The van der Waals surface area contributed by atoms with Crippen LogP contribution in [-0.4, -0.2) is 29.5 Å². The van der Waals surface area contributed by atoms with Gasteiger partial charge in [0.15, 0.2) is 0 Å². The van der Waals surface area contributed by atoms with Crippen molar-refractivity contribution < 1.29 is 14.3 Å². The zero-order valence-electron chi connectivity index (χ0n) is 12.0. The number of hydrazine groups is 1. The molecule has 21 heavy (non-hydrogen) atoms. The normalized spacial score (nSPS) is 21.4. The maximum Gasteiger partial charge on any atom is 0.288 e. The van der Waals surface area contributed by atoms with Crippen LogP contribution in [0.2, 0.25) is 0 Å². The molecule has 0 unspecified atom stereocenters. The lowest BCUT2D eigenvalue weighted by atomic mass is 9.90. The Hall–Kier alpha value is -2.21. The molecule has 6 heteroatoms.